The molecule has 22 heavy (non-hydrogen) atoms. The molecule has 1 aromatic rings. The Morgan fingerprint density at radius 1 is 1.36 bits per heavy atom. The molecule has 0 saturated carbocycles. The number of carboxylic acid groups (broad SMARTS) is 1. The standard InChI is InChI=1S/C17H19FINO2/c18-12-4-2-11(3-5-12)14-10-13-6-7-15(16(14)17(21)22)20(13)9-1-8-19/h1-5,8,13-16H,6-7,9-10H2,(H,21,22)/b8-1+/t13-,14+,15+,16-/m0/s1. The predicted molar refractivity (Wildman–Crippen MR) is 91.6 cm³/mol. The van der Waals surface area contributed by atoms with E-state index in [2.05, 4.69) is 33.6 Å². The Bertz CT molecular complexity index is 575. The zero-order valence-corrected chi connectivity index (χ0v) is 14.3. The molecule has 0 amide bonds. The number of carboxylic acids is 1. The third-order valence-corrected chi connectivity index (χ3v) is 5.56. The molecule has 0 aliphatic carbocycles. The SMILES string of the molecule is O=C(O)[C@H]1[C@@H](c2ccc(F)cc2)C[C@@H]2CC[C@H]1N2C/C=C/I. The lowest BCUT2D eigenvalue weighted by Crippen LogP contribution is -2.50. The Hall–Kier alpha value is -0.950. The predicted octanol–water partition coefficient (Wildman–Crippen LogP) is 3.80. The highest BCUT2D eigenvalue weighted by atomic mass is 127. The van der Waals surface area contributed by atoms with Crippen LogP contribution in [-0.4, -0.2) is 34.6 Å². The highest BCUT2D eigenvalue weighted by Gasteiger charge is 2.50. The van der Waals surface area contributed by atoms with Crippen LogP contribution in [0.2, 0.25) is 0 Å². The van der Waals surface area contributed by atoms with E-state index in [9.17, 15) is 14.3 Å². The molecular formula is C17H19FINO2. The lowest BCUT2D eigenvalue weighted by atomic mass is 9.76. The van der Waals surface area contributed by atoms with Gasteiger partial charge in [-0.15, -0.1) is 0 Å². The first kappa shape index (κ1) is 15.9. The van der Waals surface area contributed by atoms with E-state index >= 15 is 0 Å². The fourth-order valence-electron chi connectivity index (χ4n) is 4.15. The van der Waals surface area contributed by atoms with Crippen molar-refractivity contribution in [2.24, 2.45) is 5.92 Å². The molecule has 0 radical (unpaired) electrons. The van der Waals surface area contributed by atoms with Crippen molar-refractivity contribution >= 4 is 28.6 Å². The molecule has 0 spiro atoms. The average molecular weight is 415 g/mol. The van der Waals surface area contributed by atoms with Crippen LogP contribution >= 0.6 is 22.6 Å². The number of nitrogens with zero attached hydrogens (tertiary/aromatic N) is 1. The lowest BCUT2D eigenvalue weighted by molar-refractivity contribution is -0.146. The van der Waals surface area contributed by atoms with E-state index in [0.29, 0.717) is 6.04 Å². The number of benzene rings is 1. The van der Waals surface area contributed by atoms with Crippen molar-refractivity contribution < 1.29 is 14.3 Å². The minimum Gasteiger partial charge on any atom is -0.481 e. The first-order chi connectivity index (χ1) is 10.6. The number of aliphatic carboxylic acids is 1. The fraction of sp³-hybridized carbons (Fsp3) is 0.471. The van der Waals surface area contributed by atoms with E-state index in [-0.39, 0.29) is 17.8 Å². The normalized spacial score (nSPS) is 31.7. The number of hydrogen-bond donors (Lipinski definition) is 1. The number of hydrogen-bond acceptors (Lipinski definition) is 2. The summed E-state index contributed by atoms with van der Waals surface area (Å²) in [7, 11) is 0. The van der Waals surface area contributed by atoms with E-state index in [1.807, 2.05) is 4.08 Å². The van der Waals surface area contributed by atoms with Gasteiger partial charge in [-0.1, -0.05) is 40.8 Å². The first-order valence-electron chi connectivity index (χ1n) is 7.61. The molecular weight excluding hydrogens is 396 g/mol. The van der Waals surface area contributed by atoms with Crippen LogP contribution in [0.1, 0.15) is 30.7 Å². The zero-order chi connectivity index (χ0) is 15.7. The molecule has 2 aliphatic heterocycles. The van der Waals surface area contributed by atoms with Crippen LogP contribution in [0, 0.1) is 11.7 Å². The molecule has 4 atom stereocenters. The van der Waals surface area contributed by atoms with E-state index in [1.54, 1.807) is 12.1 Å². The van der Waals surface area contributed by atoms with Gasteiger partial charge in [0.15, 0.2) is 0 Å². The molecule has 1 aromatic carbocycles. The molecule has 2 heterocycles. The third-order valence-electron chi connectivity index (χ3n) is 5.05. The van der Waals surface area contributed by atoms with Crippen LogP contribution in [0.15, 0.2) is 34.4 Å². The summed E-state index contributed by atoms with van der Waals surface area (Å²) in [5.41, 5.74) is 0.954. The summed E-state index contributed by atoms with van der Waals surface area (Å²) in [4.78, 5) is 14.2. The maximum Gasteiger partial charge on any atom is 0.308 e. The second-order valence-corrected chi connectivity index (χ2v) is 6.83. The average Bonchev–Trinajstić information content (AvgIpc) is 2.76. The molecule has 2 saturated heterocycles. The van der Waals surface area contributed by atoms with Gasteiger partial charge in [-0.3, -0.25) is 9.69 Å². The summed E-state index contributed by atoms with van der Waals surface area (Å²) < 4.78 is 15.1. The van der Waals surface area contributed by atoms with Gasteiger partial charge < -0.3 is 5.11 Å². The molecule has 2 bridgehead atoms. The van der Waals surface area contributed by atoms with Gasteiger partial charge in [-0.25, -0.2) is 4.39 Å². The quantitative estimate of drug-likeness (QED) is 0.761. The van der Waals surface area contributed by atoms with Gasteiger partial charge >= 0.3 is 5.97 Å². The zero-order valence-electron chi connectivity index (χ0n) is 12.2. The largest absolute Gasteiger partial charge is 0.481 e. The smallest absolute Gasteiger partial charge is 0.308 e. The summed E-state index contributed by atoms with van der Waals surface area (Å²) in [5, 5.41) is 9.77. The molecule has 5 heteroatoms. The molecule has 3 nitrogen and oxygen atoms in total. The summed E-state index contributed by atoms with van der Waals surface area (Å²) in [6.07, 6.45) is 4.92. The van der Waals surface area contributed by atoms with Crippen molar-refractivity contribution in [3.05, 3.63) is 45.8 Å². The van der Waals surface area contributed by atoms with Gasteiger partial charge in [-0.2, -0.15) is 0 Å². The fourth-order valence-corrected chi connectivity index (χ4v) is 4.38. The Labute approximate surface area is 143 Å². The highest BCUT2D eigenvalue weighted by Crippen LogP contribution is 2.46. The Balaban J connectivity index is 1.90. The number of carbonyl (C=O) groups is 1. The Morgan fingerprint density at radius 2 is 2.09 bits per heavy atom. The number of piperidine rings is 1. The van der Waals surface area contributed by atoms with Gasteiger partial charge in [0.05, 0.1) is 5.92 Å². The summed E-state index contributed by atoms with van der Waals surface area (Å²) in [6, 6.07) is 6.87. The molecule has 1 N–H and O–H groups in total. The maximum absolute atomic E-state index is 13.1. The minimum atomic E-state index is -0.733. The summed E-state index contributed by atoms with van der Waals surface area (Å²) >= 11 is 2.19. The first-order valence-corrected chi connectivity index (χ1v) is 8.85. The Kier molecular flexibility index (Phi) is 4.82. The van der Waals surface area contributed by atoms with Crippen molar-refractivity contribution in [1.82, 2.24) is 4.90 Å². The van der Waals surface area contributed by atoms with E-state index in [1.165, 1.54) is 12.1 Å². The lowest BCUT2D eigenvalue weighted by Gasteiger charge is -2.42. The second-order valence-electron chi connectivity index (χ2n) is 6.11. The summed E-state index contributed by atoms with van der Waals surface area (Å²) in [6.45, 7) is 0.818. The van der Waals surface area contributed by atoms with Gasteiger partial charge in [0.25, 0.3) is 0 Å². The number of rotatable bonds is 4. The van der Waals surface area contributed by atoms with Crippen molar-refractivity contribution in [2.45, 2.75) is 37.3 Å². The van der Waals surface area contributed by atoms with Gasteiger partial charge in [-0.05, 0) is 41.0 Å². The molecule has 118 valence electrons. The van der Waals surface area contributed by atoms with Crippen molar-refractivity contribution in [1.29, 1.82) is 0 Å². The van der Waals surface area contributed by atoms with E-state index in [0.717, 1.165) is 31.4 Å². The monoisotopic (exact) mass is 415 g/mol. The van der Waals surface area contributed by atoms with Crippen LogP contribution in [-0.2, 0) is 4.79 Å². The van der Waals surface area contributed by atoms with E-state index in [4.69, 9.17) is 0 Å². The highest BCUT2D eigenvalue weighted by molar-refractivity contribution is 14.1. The van der Waals surface area contributed by atoms with Gasteiger partial charge in [0.2, 0.25) is 0 Å². The molecule has 3 rings (SSSR count). The van der Waals surface area contributed by atoms with Crippen LogP contribution in [0.5, 0.6) is 0 Å². The van der Waals surface area contributed by atoms with E-state index < -0.39 is 11.9 Å². The minimum absolute atomic E-state index is 0.0181. The molecule has 2 aliphatic rings. The van der Waals surface area contributed by atoms with Gasteiger partial charge in [0.1, 0.15) is 5.82 Å². The summed E-state index contributed by atoms with van der Waals surface area (Å²) in [5.74, 6) is -1.44. The molecule has 2 fully saturated rings. The molecule has 0 aromatic heterocycles. The number of halogens is 2. The van der Waals surface area contributed by atoms with Crippen LogP contribution in [0.3, 0.4) is 0 Å². The van der Waals surface area contributed by atoms with Crippen molar-refractivity contribution in [3.8, 4) is 0 Å². The number of fused-ring (bicyclic) bond motifs is 2. The van der Waals surface area contributed by atoms with Crippen LogP contribution in [0.25, 0.3) is 0 Å². The van der Waals surface area contributed by atoms with Crippen LogP contribution < -0.4 is 0 Å². The van der Waals surface area contributed by atoms with Gasteiger partial charge in [0, 0.05) is 24.5 Å². The topological polar surface area (TPSA) is 40.5 Å². The third kappa shape index (κ3) is 2.93. The molecule has 0 unspecified atom stereocenters. The van der Waals surface area contributed by atoms with Crippen LogP contribution in [0.4, 0.5) is 4.39 Å². The second kappa shape index (κ2) is 6.66. The van der Waals surface area contributed by atoms with Crippen molar-refractivity contribution in [2.75, 3.05) is 6.54 Å². The maximum atomic E-state index is 13.1. The Morgan fingerprint density at radius 3 is 2.73 bits per heavy atom. The van der Waals surface area contributed by atoms with Crippen molar-refractivity contribution in [3.63, 3.8) is 0 Å².